The van der Waals surface area contributed by atoms with Gasteiger partial charge in [0.2, 0.25) is 0 Å². The van der Waals surface area contributed by atoms with Gasteiger partial charge in [-0.2, -0.15) is 8.42 Å². The number of carbonyl (C=O) groups is 1. The van der Waals surface area contributed by atoms with Crippen molar-refractivity contribution < 1.29 is 27.6 Å². The van der Waals surface area contributed by atoms with Gasteiger partial charge in [-0.15, -0.1) is 0 Å². The average Bonchev–Trinajstić information content (AvgIpc) is 3.95. The van der Waals surface area contributed by atoms with Gasteiger partial charge in [-0.3, -0.25) is 19.8 Å². The van der Waals surface area contributed by atoms with Gasteiger partial charge in [-0.25, -0.2) is 14.7 Å². The number of H-pyrrole nitrogens is 1. The van der Waals surface area contributed by atoms with Crippen LogP contribution in [0, 0.1) is 21.4 Å². The van der Waals surface area contributed by atoms with E-state index in [2.05, 4.69) is 66.0 Å². The fraction of sp³-hybridized carbons (Fsp3) is 0.444. The highest BCUT2D eigenvalue weighted by atomic mass is 32.2. The zero-order valence-electron chi connectivity index (χ0n) is 34.3. The maximum atomic E-state index is 13.9. The fourth-order valence-electron chi connectivity index (χ4n) is 9.94. The molecule has 4 aliphatic rings. The number of carbonyl (C=O) groups excluding carboxylic acids is 1. The standard InChI is InChI=1S/C45H52N8O7S/c1-2-31-6-3-4-7-36(31)39-8-5-17-52(39)34-25-45(26-34)14-18-51(19-15-45)33-9-10-37(41(23-33)60-35-22-32-11-16-46-43(32)49-28-35)44(54)50-61(57,58)42-24-40(53(55)56)38(29-48-42)47-27-30-12-20-59-21-13-30/h3-4,6-7,9-11,16,22-24,28-30,34,39,47H,2,5,8,12-15,17-21,25-27H2,1H3,(H,46,49)(H,50,54)/t39-/m0/s1. The van der Waals surface area contributed by atoms with Gasteiger partial charge < -0.3 is 24.7 Å². The molecule has 320 valence electrons. The molecule has 15 nitrogen and oxygen atoms in total. The van der Waals surface area contributed by atoms with Gasteiger partial charge >= 0.3 is 0 Å². The second-order valence-electron chi connectivity index (χ2n) is 17.0. The second kappa shape index (κ2) is 17.1. The van der Waals surface area contributed by atoms with Crippen LogP contribution in [0.4, 0.5) is 17.1 Å². The third kappa shape index (κ3) is 8.53. The Hall–Kier alpha value is -5.58. The molecule has 1 aliphatic carbocycles. The quantitative estimate of drug-likeness (QED) is 0.0774. The first-order valence-electron chi connectivity index (χ1n) is 21.4. The van der Waals surface area contributed by atoms with E-state index in [9.17, 15) is 23.3 Å². The van der Waals surface area contributed by atoms with Gasteiger partial charge in [-0.05, 0) is 111 Å². The van der Waals surface area contributed by atoms with Gasteiger partial charge in [0.25, 0.3) is 21.6 Å². The van der Waals surface area contributed by atoms with Gasteiger partial charge in [0.05, 0.1) is 28.9 Å². The summed E-state index contributed by atoms with van der Waals surface area (Å²) < 4.78 is 41.0. The molecular formula is C45H52N8O7S. The molecule has 3 saturated heterocycles. The van der Waals surface area contributed by atoms with E-state index >= 15 is 0 Å². The monoisotopic (exact) mass is 848 g/mol. The number of nitrogens with one attached hydrogen (secondary N) is 3. The molecule has 1 atom stereocenters. The molecule has 1 saturated carbocycles. The predicted molar refractivity (Wildman–Crippen MR) is 232 cm³/mol. The number of nitro groups is 1. The summed E-state index contributed by atoms with van der Waals surface area (Å²) in [6, 6.07) is 19.7. The number of piperidine rings is 1. The van der Waals surface area contributed by atoms with Gasteiger partial charge in [0.15, 0.2) is 5.03 Å². The minimum Gasteiger partial charge on any atom is -0.455 e. The van der Waals surface area contributed by atoms with Crippen molar-refractivity contribution in [1.29, 1.82) is 0 Å². The molecule has 9 rings (SSSR count). The molecule has 4 fully saturated rings. The summed E-state index contributed by atoms with van der Waals surface area (Å²) in [5.74, 6) is -0.209. The fourth-order valence-corrected chi connectivity index (χ4v) is 10.9. The lowest BCUT2D eigenvalue weighted by Gasteiger charge is -2.56. The van der Waals surface area contributed by atoms with Crippen LogP contribution in [0.2, 0.25) is 0 Å². The average molecular weight is 849 g/mol. The molecule has 0 unspecified atom stereocenters. The van der Waals surface area contributed by atoms with E-state index in [0.29, 0.717) is 48.7 Å². The highest BCUT2D eigenvalue weighted by Gasteiger charge is 2.50. The number of aromatic nitrogens is 3. The molecule has 3 N–H and O–H groups in total. The summed E-state index contributed by atoms with van der Waals surface area (Å²) in [5.41, 5.74) is 4.39. The Morgan fingerprint density at radius 1 is 1.02 bits per heavy atom. The van der Waals surface area contributed by atoms with Crippen molar-refractivity contribution in [2.24, 2.45) is 11.3 Å². The van der Waals surface area contributed by atoms with E-state index in [1.807, 2.05) is 12.1 Å². The lowest BCUT2D eigenvalue weighted by Crippen LogP contribution is -2.54. The molecule has 61 heavy (non-hydrogen) atoms. The van der Waals surface area contributed by atoms with E-state index in [1.165, 1.54) is 43.0 Å². The number of aromatic amines is 1. The first-order chi connectivity index (χ1) is 29.6. The van der Waals surface area contributed by atoms with Crippen molar-refractivity contribution in [3.63, 3.8) is 0 Å². The maximum absolute atomic E-state index is 13.9. The summed E-state index contributed by atoms with van der Waals surface area (Å²) in [7, 11) is -4.65. The zero-order valence-corrected chi connectivity index (χ0v) is 35.2. The Morgan fingerprint density at radius 3 is 2.61 bits per heavy atom. The lowest BCUT2D eigenvalue weighted by molar-refractivity contribution is -0.384. The zero-order chi connectivity index (χ0) is 42.1. The number of nitrogens with zero attached hydrogens (tertiary/aromatic N) is 5. The van der Waals surface area contributed by atoms with Crippen LogP contribution in [-0.2, 0) is 21.2 Å². The van der Waals surface area contributed by atoms with Gasteiger partial charge in [0, 0.05) is 68.3 Å². The predicted octanol–water partition coefficient (Wildman–Crippen LogP) is 7.76. The molecule has 2 aromatic carbocycles. The highest BCUT2D eigenvalue weighted by molar-refractivity contribution is 7.90. The topological polar surface area (TPSA) is 185 Å². The van der Waals surface area contributed by atoms with Crippen LogP contribution in [0.1, 0.15) is 85.8 Å². The number of ether oxygens (including phenoxy) is 2. The van der Waals surface area contributed by atoms with E-state index in [4.69, 9.17) is 9.47 Å². The third-order valence-corrected chi connectivity index (χ3v) is 14.6. The van der Waals surface area contributed by atoms with Crippen LogP contribution < -0.4 is 19.7 Å². The molecule has 1 spiro atoms. The van der Waals surface area contributed by atoms with Gasteiger partial charge in [0.1, 0.15) is 22.8 Å². The van der Waals surface area contributed by atoms with E-state index in [-0.39, 0.29) is 22.9 Å². The van der Waals surface area contributed by atoms with Crippen molar-refractivity contribution in [2.45, 2.75) is 81.8 Å². The van der Waals surface area contributed by atoms with Crippen molar-refractivity contribution in [2.75, 3.05) is 49.6 Å². The van der Waals surface area contributed by atoms with Crippen LogP contribution in [0.15, 0.2) is 84.3 Å². The second-order valence-corrected chi connectivity index (χ2v) is 18.7. The number of hydrogen-bond acceptors (Lipinski definition) is 12. The van der Waals surface area contributed by atoms with E-state index < -0.39 is 31.6 Å². The SMILES string of the molecule is CCc1ccccc1[C@@H]1CCCN1C1CC2(CCN(c3ccc(C(=O)NS(=O)(=O)c4cc([N+](=O)[O-])c(NCC5CCOCC5)cn4)c(Oc4cnc5[nH]ccc5c4)c3)CC2)C1. The third-order valence-electron chi connectivity index (χ3n) is 13.4. The van der Waals surface area contributed by atoms with E-state index in [0.717, 1.165) is 75.1 Å². The summed E-state index contributed by atoms with van der Waals surface area (Å²) in [6.45, 7) is 6.77. The Labute approximate surface area is 355 Å². The Bertz CT molecular complexity index is 2530. The Balaban J connectivity index is 0.905. The molecule has 1 amide bonds. The van der Waals surface area contributed by atoms with Crippen molar-refractivity contribution >= 4 is 44.0 Å². The number of rotatable bonds is 13. The van der Waals surface area contributed by atoms with E-state index in [1.54, 1.807) is 24.4 Å². The lowest BCUT2D eigenvalue weighted by atomic mass is 9.59. The number of pyridine rings is 2. The number of aryl methyl sites for hydroxylation is 1. The number of fused-ring (bicyclic) bond motifs is 1. The van der Waals surface area contributed by atoms with Crippen LogP contribution >= 0.6 is 0 Å². The van der Waals surface area contributed by atoms with Crippen molar-refractivity contribution in [3.05, 3.63) is 106 Å². The van der Waals surface area contributed by atoms with Crippen LogP contribution in [0.3, 0.4) is 0 Å². The number of benzene rings is 2. The van der Waals surface area contributed by atoms with Crippen LogP contribution in [-0.4, -0.2) is 84.5 Å². The molecule has 3 aromatic heterocycles. The molecular weight excluding hydrogens is 797 g/mol. The van der Waals surface area contributed by atoms with Crippen molar-refractivity contribution in [1.82, 2.24) is 24.6 Å². The summed E-state index contributed by atoms with van der Waals surface area (Å²) in [4.78, 5) is 41.9. The van der Waals surface area contributed by atoms with Crippen LogP contribution in [0.25, 0.3) is 11.0 Å². The molecule has 3 aliphatic heterocycles. The first kappa shape index (κ1) is 40.8. The highest BCUT2D eigenvalue weighted by Crippen LogP contribution is 2.54. The molecule has 6 heterocycles. The number of anilines is 2. The number of sulfonamides is 1. The molecule has 16 heteroatoms. The molecule has 0 radical (unpaired) electrons. The summed E-state index contributed by atoms with van der Waals surface area (Å²) in [5, 5.41) is 15.2. The smallest absolute Gasteiger partial charge is 0.296 e. The minimum absolute atomic E-state index is 0.0362. The molecule has 5 aromatic rings. The van der Waals surface area contributed by atoms with Crippen LogP contribution in [0.5, 0.6) is 11.5 Å². The molecule has 0 bridgehead atoms. The largest absolute Gasteiger partial charge is 0.455 e. The maximum Gasteiger partial charge on any atom is 0.296 e. The summed E-state index contributed by atoms with van der Waals surface area (Å²) >= 11 is 0. The minimum atomic E-state index is -4.65. The Morgan fingerprint density at radius 2 is 1.82 bits per heavy atom. The number of amides is 1. The summed E-state index contributed by atoms with van der Waals surface area (Å²) in [6.07, 6.45) is 14.1. The van der Waals surface area contributed by atoms with Gasteiger partial charge in [-0.1, -0.05) is 31.2 Å². The normalized spacial score (nSPS) is 19.8. The number of likely N-dealkylation sites (tertiary alicyclic amines) is 1. The van der Waals surface area contributed by atoms with Crippen molar-refractivity contribution in [3.8, 4) is 11.5 Å². The first-order valence-corrected chi connectivity index (χ1v) is 22.9. The number of hydrogen-bond donors (Lipinski definition) is 3. The Kier molecular flexibility index (Phi) is 11.4.